The van der Waals surface area contributed by atoms with E-state index < -0.39 is 16.1 Å². The third-order valence-corrected chi connectivity index (χ3v) is 5.84. The van der Waals surface area contributed by atoms with E-state index in [1.807, 2.05) is 55.5 Å². The molecule has 7 nitrogen and oxygen atoms in total. The van der Waals surface area contributed by atoms with Gasteiger partial charge in [-0.1, -0.05) is 54.6 Å². The fourth-order valence-electron chi connectivity index (χ4n) is 3.88. The van der Waals surface area contributed by atoms with Crippen LogP contribution in [0.15, 0.2) is 84.0 Å². The zero-order valence-electron chi connectivity index (χ0n) is 18.4. The number of carbonyl (C=O) groups is 1. The van der Waals surface area contributed by atoms with E-state index in [2.05, 4.69) is 4.72 Å². The van der Waals surface area contributed by atoms with E-state index >= 15 is 0 Å². The Morgan fingerprint density at radius 3 is 2.42 bits per heavy atom. The smallest absolute Gasteiger partial charge is 0.274 e. The molecule has 0 aliphatic carbocycles. The van der Waals surface area contributed by atoms with Crippen molar-refractivity contribution in [2.45, 2.75) is 19.4 Å². The number of carbonyl (C=O) groups excluding carboxylic acids is 1. The van der Waals surface area contributed by atoms with Crippen molar-refractivity contribution < 1.29 is 17.9 Å². The van der Waals surface area contributed by atoms with Gasteiger partial charge in [0.05, 0.1) is 30.3 Å². The van der Waals surface area contributed by atoms with Crippen LogP contribution in [0.3, 0.4) is 0 Å². The van der Waals surface area contributed by atoms with Crippen LogP contribution < -0.4 is 9.46 Å². The first kappa shape index (κ1) is 22.5. The summed E-state index contributed by atoms with van der Waals surface area (Å²) in [5, 5.41) is 6.17. The van der Waals surface area contributed by atoms with E-state index in [1.54, 1.807) is 30.3 Å². The molecule has 0 fully saturated rings. The van der Waals surface area contributed by atoms with Crippen LogP contribution in [0.1, 0.15) is 40.9 Å². The van der Waals surface area contributed by atoms with Gasteiger partial charge in [0.1, 0.15) is 5.75 Å². The van der Waals surface area contributed by atoms with Crippen molar-refractivity contribution in [3.05, 3.63) is 95.6 Å². The minimum Gasteiger partial charge on any atom is -0.494 e. The Morgan fingerprint density at radius 2 is 1.70 bits per heavy atom. The fourth-order valence-corrected chi connectivity index (χ4v) is 4.46. The summed E-state index contributed by atoms with van der Waals surface area (Å²) in [5.74, 6) is 0.449. The van der Waals surface area contributed by atoms with Gasteiger partial charge in [0.15, 0.2) is 0 Å². The molecule has 0 aromatic heterocycles. The summed E-state index contributed by atoms with van der Waals surface area (Å²) in [7, 11) is -3.49. The van der Waals surface area contributed by atoms with Gasteiger partial charge in [-0.3, -0.25) is 9.52 Å². The van der Waals surface area contributed by atoms with Gasteiger partial charge in [-0.2, -0.15) is 5.10 Å². The molecule has 33 heavy (non-hydrogen) atoms. The summed E-state index contributed by atoms with van der Waals surface area (Å²) in [6.07, 6.45) is 1.51. The lowest BCUT2D eigenvalue weighted by Gasteiger charge is -2.24. The van der Waals surface area contributed by atoms with E-state index in [0.717, 1.165) is 11.8 Å². The maximum Gasteiger partial charge on any atom is 0.274 e. The molecule has 0 saturated carbocycles. The minimum absolute atomic E-state index is 0.240. The van der Waals surface area contributed by atoms with Crippen LogP contribution in [-0.4, -0.2) is 37.9 Å². The number of nitrogens with one attached hydrogen (secondary N) is 1. The van der Waals surface area contributed by atoms with Crippen LogP contribution in [0, 0.1) is 0 Å². The second-order valence-corrected chi connectivity index (χ2v) is 9.42. The molecule has 1 heterocycles. The van der Waals surface area contributed by atoms with Crippen molar-refractivity contribution in [1.82, 2.24) is 5.01 Å². The lowest BCUT2D eigenvalue weighted by Crippen LogP contribution is -2.27. The van der Waals surface area contributed by atoms with Crippen LogP contribution >= 0.6 is 0 Å². The van der Waals surface area contributed by atoms with E-state index in [4.69, 9.17) is 9.84 Å². The number of sulfonamides is 1. The number of amides is 1. The SMILES string of the molecule is CCOc1ccccc1[C@@H]1CC(c2ccccc2NS(C)(=O)=O)=NN1C(=O)c1ccccc1. The Bertz CT molecular complexity index is 1290. The molecular formula is C25H25N3O4S. The molecule has 1 amide bonds. The number of nitrogens with zero attached hydrogens (tertiary/aromatic N) is 2. The molecule has 170 valence electrons. The predicted octanol–water partition coefficient (Wildman–Crippen LogP) is 4.45. The summed E-state index contributed by atoms with van der Waals surface area (Å²) in [6, 6.07) is 23.2. The van der Waals surface area contributed by atoms with Gasteiger partial charge in [-0.05, 0) is 31.2 Å². The lowest BCUT2D eigenvalue weighted by atomic mass is 9.96. The molecule has 1 aliphatic rings. The molecule has 3 aromatic carbocycles. The van der Waals surface area contributed by atoms with Crippen molar-refractivity contribution in [3.8, 4) is 5.75 Å². The van der Waals surface area contributed by atoms with Gasteiger partial charge in [-0.15, -0.1) is 0 Å². The van der Waals surface area contributed by atoms with Gasteiger partial charge in [0.25, 0.3) is 5.91 Å². The number of hydrazone groups is 1. The third kappa shape index (κ3) is 5.06. The van der Waals surface area contributed by atoms with Crippen LogP contribution in [-0.2, 0) is 10.0 Å². The Hall–Kier alpha value is -3.65. The van der Waals surface area contributed by atoms with Crippen molar-refractivity contribution in [2.75, 3.05) is 17.6 Å². The lowest BCUT2D eigenvalue weighted by molar-refractivity contribution is 0.0709. The van der Waals surface area contributed by atoms with Crippen molar-refractivity contribution in [1.29, 1.82) is 0 Å². The van der Waals surface area contributed by atoms with Gasteiger partial charge >= 0.3 is 0 Å². The molecule has 0 radical (unpaired) electrons. The van der Waals surface area contributed by atoms with Gasteiger partial charge in [0.2, 0.25) is 10.0 Å². The summed E-state index contributed by atoms with van der Waals surface area (Å²) in [4.78, 5) is 13.5. The second-order valence-electron chi connectivity index (χ2n) is 7.67. The number of para-hydroxylation sites is 2. The molecule has 1 N–H and O–H groups in total. The van der Waals surface area contributed by atoms with Crippen molar-refractivity contribution in [3.63, 3.8) is 0 Å². The zero-order valence-corrected chi connectivity index (χ0v) is 19.2. The first-order chi connectivity index (χ1) is 15.9. The largest absolute Gasteiger partial charge is 0.494 e. The number of hydrogen-bond donors (Lipinski definition) is 1. The monoisotopic (exact) mass is 463 g/mol. The van der Waals surface area contributed by atoms with Gasteiger partial charge < -0.3 is 4.74 Å². The van der Waals surface area contributed by atoms with Gasteiger partial charge in [-0.25, -0.2) is 13.4 Å². The molecule has 0 saturated heterocycles. The molecule has 8 heteroatoms. The van der Waals surface area contributed by atoms with E-state index in [0.29, 0.717) is 41.3 Å². The van der Waals surface area contributed by atoms with Gasteiger partial charge in [0, 0.05) is 23.1 Å². The minimum atomic E-state index is -3.49. The number of rotatable bonds is 7. The number of benzene rings is 3. The first-order valence-electron chi connectivity index (χ1n) is 10.6. The highest BCUT2D eigenvalue weighted by molar-refractivity contribution is 7.92. The van der Waals surface area contributed by atoms with E-state index in [9.17, 15) is 13.2 Å². The highest BCUT2D eigenvalue weighted by Crippen LogP contribution is 2.39. The maximum absolute atomic E-state index is 13.5. The topological polar surface area (TPSA) is 88.1 Å². The third-order valence-electron chi connectivity index (χ3n) is 5.25. The van der Waals surface area contributed by atoms with Crippen LogP contribution in [0.25, 0.3) is 0 Å². The number of anilines is 1. The number of ether oxygens (including phenoxy) is 1. The summed E-state index contributed by atoms with van der Waals surface area (Å²) in [5.41, 5.74) is 3.02. The average molecular weight is 464 g/mol. The molecule has 0 spiro atoms. The second kappa shape index (κ2) is 9.46. The first-order valence-corrected chi connectivity index (χ1v) is 12.5. The highest BCUT2D eigenvalue weighted by Gasteiger charge is 2.36. The van der Waals surface area contributed by atoms with Crippen LogP contribution in [0.4, 0.5) is 5.69 Å². The average Bonchev–Trinajstić information content (AvgIpc) is 3.24. The Morgan fingerprint density at radius 1 is 1.03 bits per heavy atom. The van der Waals surface area contributed by atoms with Crippen molar-refractivity contribution >= 4 is 27.3 Å². The fraction of sp³-hybridized carbons (Fsp3) is 0.200. The Labute approximate surface area is 193 Å². The normalized spacial score (nSPS) is 15.8. The molecule has 1 aliphatic heterocycles. The van der Waals surface area contributed by atoms with Crippen LogP contribution in [0.2, 0.25) is 0 Å². The van der Waals surface area contributed by atoms with E-state index in [-0.39, 0.29) is 5.91 Å². The standard InChI is InChI=1S/C25H25N3O4S/c1-3-32-24-16-10-8-14-20(24)23-17-22(19-13-7-9-15-21(19)27-33(2,30)31)26-28(23)25(29)18-11-5-4-6-12-18/h4-16,23,27H,3,17H2,1-2H3/t23-/m0/s1. The molecule has 4 rings (SSSR count). The summed E-state index contributed by atoms with van der Waals surface area (Å²) in [6.45, 7) is 2.40. The van der Waals surface area contributed by atoms with E-state index in [1.165, 1.54) is 5.01 Å². The van der Waals surface area contributed by atoms with Crippen molar-refractivity contribution in [2.24, 2.45) is 5.10 Å². The highest BCUT2D eigenvalue weighted by atomic mass is 32.2. The summed E-state index contributed by atoms with van der Waals surface area (Å²) < 4.78 is 32.2. The Kier molecular flexibility index (Phi) is 6.46. The molecular weight excluding hydrogens is 438 g/mol. The molecule has 0 unspecified atom stereocenters. The molecule has 1 atom stereocenters. The number of hydrogen-bond acceptors (Lipinski definition) is 5. The zero-order chi connectivity index (χ0) is 23.4. The Balaban J connectivity index is 1.80. The predicted molar refractivity (Wildman–Crippen MR) is 129 cm³/mol. The maximum atomic E-state index is 13.5. The molecule has 0 bridgehead atoms. The van der Waals surface area contributed by atoms with Crippen LogP contribution in [0.5, 0.6) is 5.75 Å². The summed E-state index contributed by atoms with van der Waals surface area (Å²) >= 11 is 0. The molecule has 3 aromatic rings. The quantitative estimate of drug-likeness (QED) is 0.561.